The zero-order valence-electron chi connectivity index (χ0n) is 18.2. The standard InChI is InChI=1S/C25H20ClFN4O3/c1-12-29-20-4-2-13(7-23(20)34-12)16-9-19(27)21(10-18(16)26)30-25(33)31-15-3-5-22(31)17-11-28-24(32)8-14(17)6-15/h2,4,7-11,15,22H,3,5-6H2,1H3,(H,28,32)(H,30,33)/t15-,22+/m0/s1. The van der Waals surface area contributed by atoms with Gasteiger partial charge in [0.2, 0.25) is 5.56 Å². The van der Waals surface area contributed by atoms with E-state index in [-0.39, 0.29) is 29.4 Å². The molecule has 7 nitrogen and oxygen atoms in total. The Morgan fingerprint density at radius 1 is 1.26 bits per heavy atom. The number of carbonyl (C=O) groups is 1. The average molecular weight is 479 g/mol. The molecule has 34 heavy (non-hydrogen) atoms. The number of rotatable bonds is 2. The smallest absolute Gasteiger partial charge is 0.322 e. The third-order valence-electron chi connectivity index (χ3n) is 6.70. The number of urea groups is 1. The summed E-state index contributed by atoms with van der Waals surface area (Å²) in [6.45, 7) is 1.76. The third-order valence-corrected chi connectivity index (χ3v) is 7.02. The second kappa shape index (κ2) is 7.70. The Bertz CT molecular complexity index is 1530. The fourth-order valence-electron chi connectivity index (χ4n) is 5.21. The van der Waals surface area contributed by atoms with Crippen molar-refractivity contribution in [3.63, 3.8) is 0 Å². The van der Waals surface area contributed by atoms with Crippen LogP contribution in [-0.4, -0.2) is 26.9 Å². The van der Waals surface area contributed by atoms with E-state index in [1.165, 1.54) is 12.1 Å². The Morgan fingerprint density at radius 2 is 2.12 bits per heavy atom. The maximum Gasteiger partial charge on any atom is 0.322 e. The van der Waals surface area contributed by atoms with E-state index >= 15 is 4.39 Å². The van der Waals surface area contributed by atoms with Gasteiger partial charge in [0.1, 0.15) is 11.3 Å². The first-order chi connectivity index (χ1) is 16.4. The van der Waals surface area contributed by atoms with Crippen LogP contribution in [0.25, 0.3) is 22.2 Å². The predicted molar refractivity (Wildman–Crippen MR) is 127 cm³/mol. The summed E-state index contributed by atoms with van der Waals surface area (Å²) in [6.07, 6.45) is 3.91. The summed E-state index contributed by atoms with van der Waals surface area (Å²) in [4.78, 5) is 33.6. The van der Waals surface area contributed by atoms with Crippen LogP contribution in [0.5, 0.6) is 0 Å². The molecular weight excluding hydrogens is 459 g/mol. The number of pyridine rings is 1. The number of hydrogen-bond donors (Lipinski definition) is 2. The van der Waals surface area contributed by atoms with Gasteiger partial charge in [-0.25, -0.2) is 14.2 Å². The molecule has 172 valence electrons. The highest BCUT2D eigenvalue weighted by molar-refractivity contribution is 6.33. The highest BCUT2D eigenvalue weighted by Crippen LogP contribution is 2.43. The van der Waals surface area contributed by atoms with Crippen molar-refractivity contribution in [3.8, 4) is 11.1 Å². The van der Waals surface area contributed by atoms with Crippen LogP contribution < -0.4 is 10.9 Å². The topological polar surface area (TPSA) is 91.2 Å². The summed E-state index contributed by atoms with van der Waals surface area (Å²) in [5, 5.41) is 3.01. The van der Waals surface area contributed by atoms with Gasteiger partial charge in [0.15, 0.2) is 11.5 Å². The summed E-state index contributed by atoms with van der Waals surface area (Å²) in [6, 6.07) is 9.14. The molecule has 0 saturated carbocycles. The second-order valence-corrected chi connectivity index (χ2v) is 9.20. The first kappa shape index (κ1) is 20.9. The van der Waals surface area contributed by atoms with Crippen molar-refractivity contribution in [1.29, 1.82) is 0 Å². The van der Waals surface area contributed by atoms with Gasteiger partial charge in [-0.1, -0.05) is 17.7 Å². The van der Waals surface area contributed by atoms with E-state index < -0.39 is 5.82 Å². The number of halogens is 2. The molecule has 4 aromatic rings. The van der Waals surface area contributed by atoms with Gasteiger partial charge in [0.25, 0.3) is 0 Å². The van der Waals surface area contributed by atoms with Crippen LogP contribution >= 0.6 is 11.6 Å². The lowest BCUT2D eigenvalue weighted by atomic mass is 9.95. The molecule has 2 atom stereocenters. The molecule has 2 amide bonds. The molecule has 0 radical (unpaired) electrons. The molecule has 2 aromatic heterocycles. The number of fused-ring (bicyclic) bond motifs is 5. The van der Waals surface area contributed by atoms with Crippen molar-refractivity contribution < 1.29 is 13.6 Å². The average Bonchev–Trinajstić information content (AvgIpc) is 3.33. The van der Waals surface area contributed by atoms with E-state index in [2.05, 4.69) is 15.3 Å². The number of amides is 2. The van der Waals surface area contributed by atoms with Gasteiger partial charge in [0, 0.05) is 30.8 Å². The molecule has 2 bridgehead atoms. The van der Waals surface area contributed by atoms with Gasteiger partial charge < -0.3 is 19.6 Å². The lowest BCUT2D eigenvalue weighted by molar-refractivity contribution is 0.179. The Kier molecular flexibility index (Phi) is 4.74. The highest BCUT2D eigenvalue weighted by atomic mass is 35.5. The number of nitrogens with one attached hydrogen (secondary N) is 2. The van der Waals surface area contributed by atoms with Crippen molar-refractivity contribution in [2.24, 2.45) is 0 Å². The van der Waals surface area contributed by atoms with Gasteiger partial charge in [-0.05, 0) is 60.2 Å². The normalized spacial score (nSPS) is 18.9. The van der Waals surface area contributed by atoms with Gasteiger partial charge in [0.05, 0.1) is 16.8 Å². The molecule has 1 fully saturated rings. The number of benzene rings is 2. The van der Waals surface area contributed by atoms with E-state index in [0.717, 1.165) is 24.0 Å². The van der Waals surface area contributed by atoms with Crippen molar-refractivity contribution >= 4 is 34.4 Å². The van der Waals surface area contributed by atoms with Crippen LogP contribution in [0.1, 0.15) is 35.9 Å². The number of nitrogens with zero attached hydrogens (tertiary/aromatic N) is 2. The molecule has 2 aliphatic rings. The maximum atomic E-state index is 15.1. The van der Waals surface area contributed by atoms with Crippen LogP contribution in [0.3, 0.4) is 0 Å². The SMILES string of the molecule is Cc1nc2ccc(-c3cc(F)c(NC(=O)N4[C@H]5CC[C@@H]4c4c[nH]c(=O)cc4C5)cc3Cl)cc2o1. The number of carbonyl (C=O) groups excluding carboxylic acids is 1. The minimum absolute atomic E-state index is 0.0157. The van der Waals surface area contributed by atoms with E-state index in [0.29, 0.717) is 39.6 Å². The number of aromatic nitrogens is 2. The van der Waals surface area contributed by atoms with Crippen LogP contribution in [0.4, 0.5) is 14.9 Å². The van der Waals surface area contributed by atoms with E-state index in [9.17, 15) is 9.59 Å². The highest BCUT2D eigenvalue weighted by Gasteiger charge is 2.43. The molecule has 2 N–H and O–H groups in total. The Balaban J connectivity index is 1.28. The quantitative estimate of drug-likeness (QED) is 0.393. The van der Waals surface area contributed by atoms with Gasteiger partial charge >= 0.3 is 6.03 Å². The van der Waals surface area contributed by atoms with Crippen LogP contribution in [0, 0.1) is 12.7 Å². The largest absolute Gasteiger partial charge is 0.441 e. The van der Waals surface area contributed by atoms with Crippen molar-refractivity contribution in [3.05, 3.63) is 80.8 Å². The van der Waals surface area contributed by atoms with Gasteiger partial charge in [-0.15, -0.1) is 0 Å². The number of anilines is 1. The monoisotopic (exact) mass is 478 g/mol. The van der Waals surface area contributed by atoms with Crippen LogP contribution in [0.2, 0.25) is 5.02 Å². The van der Waals surface area contributed by atoms with E-state index in [4.69, 9.17) is 16.0 Å². The first-order valence-electron chi connectivity index (χ1n) is 11.0. The molecule has 0 aliphatic carbocycles. The summed E-state index contributed by atoms with van der Waals surface area (Å²) in [7, 11) is 0. The predicted octanol–water partition coefficient (Wildman–Crippen LogP) is 5.58. The Morgan fingerprint density at radius 3 is 2.97 bits per heavy atom. The van der Waals surface area contributed by atoms with Crippen LogP contribution in [-0.2, 0) is 6.42 Å². The zero-order chi connectivity index (χ0) is 23.6. The molecular formula is C25H20ClFN4O3. The molecule has 2 aromatic carbocycles. The minimum atomic E-state index is -0.587. The molecule has 4 heterocycles. The number of hydrogen-bond acceptors (Lipinski definition) is 4. The van der Waals surface area contributed by atoms with E-state index in [1.807, 2.05) is 0 Å². The molecule has 0 spiro atoms. The molecule has 1 saturated heterocycles. The lowest BCUT2D eigenvalue weighted by Crippen LogP contribution is -2.44. The number of aromatic amines is 1. The Hall–Kier alpha value is -3.65. The van der Waals surface area contributed by atoms with Crippen molar-refractivity contribution in [1.82, 2.24) is 14.9 Å². The minimum Gasteiger partial charge on any atom is -0.441 e. The number of aryl methyl sites for hydroxylation is 1. The number of oxazole rings is 1. The summed E-state index contributed by atoms with van der Waals surface area (Å²) in [5.74, 6) is -0.0427. The zero-order valence-corrected chi connectivity index (χ0v) is 18.9. The summed E-state index contributed by atoms with van der Waals surface area (Å²) in [5.41, 5.74) is 4.25. The maximum absolute atomic E-state index is 15.1. The molecule has 6 rings (SSSR count). The lowest BCUT2D eigenvalue weighted by Gasteiger charge is -2.36. The fraction of sp³-hybridized carbons (Fsp3) is 0.240. The van der Waals surface area contributed by atoms with Crippen molar-refractivity contribution in [2.75, 3.05) is 5.32 Å². The Labute approximate surface area is 198 Å². The summed E-state index contributed by atoms with van der Waals surface area (Å²) < 4.78 is 20.7. The fourth-order valence-corrected chi connectivity index (χ4v) is 5.49. The molecule has 2 aliphatic heterocycles. The molecule has 9 heteroatoms. The van der Waals surface area contributed by atoms with E-state index in [1.54, 1.807) is 42.3 Å². The van der Waals surface area contributed by atoms with Crippen molar-refractivity contribution in [2.45, 2.75) is 38.3 Å². The summed E-state index contributed by atoms with van der Waals surface area (Å²) >= 11 is 6.50. The molecule has 0 unspecified atom stereocenters. The van der Waals surface area contributed by atoms with Gasteiger partial charge in [-0.2, -0.15) is 0 Å². The third kappa shape index (κ3) is 3.37. The number of H-pyrrole nitrogens is 1. The second-order valence-electron chi connectivity index (χ2n) is 8.79. The van der Waals surface area contributed by atoms with Gasteiger partial charge in [-0.3, -0.25) is 4.79 Å². The van der Waals surface area contributed by atoms with Crippen LogP contribution in [0.15, 0.2) is 51.8 Å². The first-order valence-corrected chi connectivity index (χ1v) is 11.4.